The Labute approximate surface area is 130 Å². The molecule has 1 aromatic rings. The number of amides is 1. The van der Waals surface area contributed by atoms with E-state index in [-0.39, 0.29) is 23.7 Å². The van der Waals surface area contributed by atoms with Crippen LogP contribution in [0.4, 0.5) is 5.69 Å². The van der Waals surface area contributed by atoms with Crippen molar-refractivity contribution < 1.29 is 14.5 Å². The molecule has 1 aliphatic heterocycles. The van der Waals surface area contributed by atoms with Gasteiger partial charge in [0.2, 0.25) is 0 Å². The molecule has 1 saturated heterocycles. The molecule has 1 aliphatic rings. The predicted octanol–water partition coefficient (Wildman–Crippen LogP) is 2.93. The van der Waals surface area contributed by atoms with Gasteiger partial charge in [0.25, 0.3) is 11.6 Å². The Kier molecular flexibility index (Phi) is 5.13. The van der Waals surface area contributed by atoms with Crippen molar-refractivity contribution in [2.24, 2.45) is 0 Å². The van der Waals surface area contributed by atoms with Gasteiger partial charge < -0.3 is 9.64 Å². The lowest BCUT2D eigenvalue weighted by atomic mass is 10.0. The van der Waals surface area contributed by atoms with E-state index in [1.807, 2.05) is 18.7 Å². The van der Waals surface area contributed by atoms with E-state index in [4.69, 9.17) is 4.74 Å². The normalized spacial score (nSPS) is 15.8. The maximum atomic E-state index is 12.8. The second-order valence-corrected chi connectivity index (χ2v) is 5.91. The van der Waals surface area contributed by atoms with Crippen molar-refractivity contribution in [3.05, 3.63) is 39.4 Å². The zero-order chi connectivity index (χ0) is 16.3. The van der Waals surface area contributed by atoms with Crippen LogP contribution >= 0.6 is 0 Å². The molecule has 0 N–H and O–H groups in total. The summed E-state index contributed by atoms with van der Waals surface area (Å²) in [6.07, 6.45) is 1.61. The van der Waals surface area contributed by atoms with Crippen molar-refractivity contribution in [3.63, 3.8) is 0 Å². The molecule has 0 aliphatic carbocycles. The second-order valence-electron chi connectivity index (χ2n) is 5.91. The molecule has 0 bridgehead atoms. The van der Waals surface area contributed by atoms with Crippen LogP contribution in [0.3, 0.4) is 0 Å². The number of benzene rings is 1. The average molecular weight is 306 g/mol. The van der Waals surface area contributed by atoms with E-state index in [1.54, 1.807) is 19.1 Å². The van der Waals surface area contributed by atoms with Gasteiger partial charge in [0.15, 0.2) is 0 Å². The zero-order valence-electron chi connectivity index (χ0n) is 13.2. The standard InChI is InChI=1S/C16H22N2O4/c1-11(2)17(14-6-8-22-9-7-14)16(19)13-5-4-12(3)15(10-13)18(20)21/h4-5,10-11,14H,6-9H2,1-3H3. The Morgan fingerprint density at radius 1 is 1.36 bits per heavy atom. The second kappa shape index (κ2) is 6.87. The van der Waals surface area contributed by atoms with Crippen LogP contribution in [-0.4, -0.2) is 41.0 Å². The number of hydrogen-bond donors (Lipinski definition) is 0. The van der Waals surface area contributed by atoms with Gasteiger partial charge >= 0.3 is 0 Å². The summed E-state index contributed by atoms with van der Waals surface area (Å²) in [7, 11) is 0. The molecular formula is C16H22N2O4. The first-order valence-electron chi connectivity index (χ1n) is 7.57. The molecule has 1 heterocycles. The molecule has 0 saturated carbocycles. The van der Waals surface area contributed by atoms with Crippen LogP contribution in [0.1, 0.15) is 42.6 Å². The number of carbonyl (C=O) groups excluding carboxylic acids is 1. The van der Waals surface area contributed by atoms with Gasteiger partial charge in [-0.1, -0.05) is 6.07 Å². The van der Waals surface area contributed by atoms with Gasteiger partial charge in [0.05, 0.1) is 4.92 Å². The Morgan fingerprint density at radius 2 is 2.00 bits per heavy atom. The molecule has 0 spiro atoms. The van der Waals surface area contributed by atoms with E-state index in [0.29, 0.717) is 24.3 Å². The van der Waals surface area contributed by atoms with Crippen molar-refractivity contribution in [1.29, 1.82) is 0 Å². The smallest absolute Gasteiger partial charge is 0.273 e. The average Bonchev–Trinajstić information content (AvgIpc) is 2.48. The molecule has 1 aromatic carbocycles. The van der Waals surface area contributed by atoms with Crippen molar-refractivity contribution in [3.8, 4) is 0 Å². The quantitative estimate of drug-likeness (QED) is 0.633. The van der Waals surface area contributed by atoms with E-state index in [9.17, 15) is 14.9 Å². The monoisotopic (exact) mass is 306 g/mol. The van der Waals surface area contributed by atoms with Gasteiger partial charge in [0.1, 0.15) is 0 Å². The summed E-state index contributed by atoms with van der Waals surface area (Å²) in [5.74, 6) is -0.148. The predicted molar refractivity (Wildman–Crippen MR) is 83.0 cm³/mol. The van der Waals surface area contributed by atoms with Crippen LogP contribution < -0.4 is 0 Å². The van der Waals surface area contributed by atoms with Gasteiger partial charge in [-0.3, -0.25) is 14.9 Å². The molecule has 120 valence electrons. The fourth-order valence-corrected chi connectivity index (χ4v) is 2.87. The van der Waals surface area contributed by atoms with Crippen LogP contribution in [0.5, 0.6) is 0 Å². The third kappa shape index (κ3) is 3.44. The Balaban J connectivity index is 2.30. The molecule has 6 heteroatoms. The zero-order valence-corrected chi connectivity index (χ0v) is 13.2. The molecule has 0 aromatic heterocycles. The lowest BCUT2D eigenvalue weighted by molar-refractivity contribution is -0.385. The fourth-order valence-electron chi connectivity index (χ4n) is 2.87. The summed E-state index contributed by atoms with van der Waals surface area (Å²) in [5, 5.41) is 11.1. The molecule has 22 heavy (non-hydrogen) atoms. The molecule has 0 radical (unpaired) electrons. The van der Waals surface area contributed by atoms with Crippen LogP contribution in [0.2, 0.25) is 0 Å². The Morgan fingerprint density at radius 3 is 2.55 bits per heavy atom. The lowest BCUT2D eigenvalue weighted by Gasteiger charge is -2.37. The van der Waals surface area contributed by atoms with Crippen LogP contribution in [0.15, 0.2) is 18.2 Å². The number of nitrogens with zero attached hydrogens (tertiary/aromatic N) is 2. The van der Waals surface area contributed by atoms with Crippen molar-refractivity contribution in [2.75, 3.05) is 13.2 Å². The number of rotatable bonds is 4. The van der Waals surface area contributed by atoms with Gasteiger partial charge in [-0.15, -0.1) is 0 Å². The molecule has 0 atom stereocenters. The van der Waals surface area contributed by atoms with E-state index in [0.717, 1.165) is 12.8 Å². The number of nitro groups is 1. The van der Waals surface area contributed by atoms with Crippen LogP contribution in [0, 0.1) is 17.0 Å². The molecule has 1 fully saturated rings. The van der Waals surface area contributed by atoms with E-state index in [1.165, 1.54) is 6.07 Å². The molecule has 6 nitrogen and oxygen atoms in total. The first-order chi connectivity index (χ1) is 10.4. The summed E-state index contributed by atoms with van der Waals surface area (Å²) < 4.78 is 5.35. The first kappa shape index (κ1) is 16.4. The highest BCUT2D eigenvalue weighted by Crippen LogP contribution is 2.24. The summed E-state index contributed by atoms with van der Waals surface area (Å²) in [4.78, 5) is 25.3. The van der Waals surface area contributed by atoms with Gasteiger partial charge in [-0.25, -0.2) is 0 Å². The highest BCUT2D eigenvalue weighted by Gasteiger charge is 2.29. The number of ether oxygens (including phenoxy) is 1. The van der Waals surface area contributed by atoms with E-state index >= 15 is 0 Å². The minimum absolute atomic E-state index is 0.0125. The lowest BCUT2D eigenvalue weighted by Crippen LogP contribution is -2.47. The van der Waals surface area contributed by atoms with E-state index in [2.05, 4.69) is 0 Å². The molecule has 1 amide bonds. The minimum atomic E-state index is -0.444. The minimum Gasteiger partial charge on any atom is -0.381 e. The van der Waals surface area contributed by atoms with Crippen LogP contribution in [-0.2, 0) is 4.74 Å². The number of nitro benzene ring substituents is 1. The van der Waals surface area contributed by atoms with Crippen molar-refractivity contribution in [2.45, 2.75) is 45.7 Å². The van der Waals surface area contributed by atoms with E-state index < -0.39 is 4.92 Å². The summed E-state index contributed by atoms with van der Waals surface area (Å²) in [6, 6.07) is 4.84. The summed E-state index contributed by atoms with van der Waals surface area (Å²) in [5.41, 5.74) is 0.919. The van der Waals surface area contributed by atoms with Crippen molar-refractivity contribution >= 4 is 11.6 Å². The third-order valence-electron chi connectivity index (χ3n) is 4.03. The van der Waals surface area contributed by atoms with Gasteiger partial charge in [-0.2, -0.15) is 0 Å². The number of carbonyl (C=O) groups is 1. The van der Waals surface area contributed by atoms with Gasteiger partial charge in [0, 0.05) is 42.5 Å². The Bertz CT molecular complexity index is 565. The summed E-state index contributed by atoms with van der Waals surface area (Å²) >= 11 is 0. The number of hydrogen-bond acceptors (Lipinski definition) is 4. The highest BCUT2D eigenvalue weighted by atomic mass is 16.6. The maximum absolute atomic E-state index is 12.8. The number of aryl methyl sites for hydroxylation is 1. The topological polar surface area (TPSA) is 72.7 Å². The SMILES string of the molecule is Cc1ccc(C(=O)N(C(C)C)C2CCOCC2)cc1[N+](=O)[O-]. The fraction of sp³-hybridized carbons (Fsp3) is 0.562. The van der Waals surface area contributed by atoms with Crippen molar-refractivity contribution in [1.82, 2.24) is 4.90 Å². The molecule has 0 unspecified atom stereocenters. The third-order valence-corrected chi connectivity index (χ3v) is 4.03. The van der Waals surface area contributed by atoms with Gasteiger partial charge in [-0.05, 0) is 39.7 Å². The highest BCUT2D eigenvalue weighted by molar-refractivity contribution is 5.95. The maximum Gasteiger partial charge on any atom is 0.273 e. The Hall–Kier alpha value is -1.95. The van der Waals surface area contributed by atoms with Crippen LogP contribution in [0.25, 0.3) is 0 Å². The first-order valence-corrected chi connectivity index (χ1v) is 7.57. The summed E-state index contributed by atoms with van der Waals surface area (Å²) in [6.45, 7) is 6.90. The molecular weight excluding hydrogens is 284 g/mol. The molecule has 2 rings (SSSR count). The largest absolute Gasteiger partial charge is 0.381 e.